The molecule has 122 valence electrons. The summed E-state index contributed by atoms with van der Waals surface area (Å²) in [4.78, 5) is 12.3. The Labute approximate surface area is 129 Å². The van der Waals surface area contributed by atoms with E-state index in [-0.39, 0.29) is 23.5 Å². The Morgan fingerprint density at radius 3 is 2.76 bits per heavy atom. The molecule has 0 aromatic heterocycles. The van der Waals surface area contributed by atoms with Crippen LogP contribution in [0.15, 0.2) is 0 Å². The van der Waals surface area contributed by atoms with Crippen molar-refractivity contribution in [2.24, 2.45) is 17.3 Å². The molecule has 1 heterocycles. The number of carbonyl (C=O) groups is 1. The fraction of sp³-hybridized carbons (Fsp3) is 0.941. The SMILES string of the molecule is CC(C)CCO[C@H](C)C(=O)N[C@@H]1[C@H]2CCCO[C@@H]2C1(C)C. The highest BCUT2D eigenvalue weighted by atomic mass is 16.5. The van der Waals surface area contributed by atoms with E-state index < -0.39 is 0 Å². The van der Waals surface area contributed by atoms with Gasteiger partial charge in [-0.2, -0.15) is 0 Å². The van der Waals surface area contributed by atoms with Gasteiger partial charge in [0.2, 0.25) is 5.91 Å². The minimum absolute atomic E-state index is 0.0147. The van der Waals surface area contributed by atoms with E-state index in [1.807, 2.05) is 6.92 Å². The Hall–Kier alpha value is -0.610. The smallest absolute Gasteiger partial charge is 0.249 e. The van der Waals surface area contributed by atoms with Gasteiger partial charge in [0.25, 0.3) is 0 Å². The Morgan fingerprint density at radius 1 is 1.38 bits per heavy atom. The topological polar surface area (TPSA) is 47.6 Å². The molecule has 0 spiro atoms. The zero-order chi connectivity index (χ0) is 15.6. The van der Waals surface area contributed by atoms with Crippen molar-refractivity contribution < 1.29 is 14.3 Å². The predicted octanol–water partition coefficient (Wildman–Crippen LogP) is 2.76. The van der Waals surface area contributed by atoms with Crippen LogP contribution < -0.4 is 5.32 Å². The van der Waals surface area contributed by atoms with Gasteiger partial charge in [-0.05, 0) is 32.1 Å². The molecule has 1 N–H and O–H groups in total. The van der Waals surface area contributed by atoms with E-state index in [9.17, 15) is 4.79 Å². The molecule has 1 saturated heterocycles. The number of ether oxygens (including phenoxy) is 2. The highest BCUT2D eigenvalue weighted by Gasteiger charge is 2.58. The van der Waals surface area contributed by atoms with Gasteiger partial charge in [0.05, 0.1) is 6.10 Å². The summed E-state index contributed by atoms with van der Waals surface area (Å²) in [5, 5.41) is 3.20. The van der Waals surface area contributed by atoms with E-state index in [2.05, 4.69) is 33.0 Å². The highest BCUT2D eigenvalue weighted by molar-refractivity contribution is 5.81. The molecule has 1 aliphatic heterocycles. The molecule has 2 rings (SSSR count). The first-order valence-corrected chi connectivity index (χ1v) is 8.37. The maximum absolute atomic E-state index is 12.3. The van der Waals surface area contributed by atoms with Gasteiger partial charge in [0.1, 0.15) is 6.10 Å². The van der Waals surface area contributed by atoms with Crippen LogP contribution in [0.2, 0.25) is 0 Å². The number of hydrogen-bond donors (Lipinski definition) is 1. The van der Waals surface area contributed by atoms with Gasteiger partial charge in [-0.15, -0.1) is 0 Å². The lowest BCUT2D eigenvalue weighted by atomic mass is 9.55. The summed E-state index contributed by atoms with van der Waals surface area (Å²) < 4.78 is 11.5. The summed E-state index contributed by atoms with van der Waals surface area (Å²) >= 11 is 0. The summed E-state index contributed by atoms with van der Waals surface area (Å²) in [7, 11) is 0. The second kappa shape index (κ2) is 6.66. The molecule has 1 saturated carbocycles. The molecule has 0 unspecified atom stereocenters. The molecular formula is C17H31NO3. The third kappa shape index (κ3) is 3.59. The van der Waals surface area contributed by atoms with Crippen LogP contribution in [-0.2, 0) is 14.3 Å². The van der Waals surface area contributed by atoms with Crippen molar-refractivity contribution in [3.8, 4) is 0 Å². The zero-order valence-corrected chi connectivity index (χ0v) is 14.1. The molecular weight excluding hydrogens is 266 g/mol. The van der Waals surface area contributed by atoms with Crippen molar-refractivity contribution in [2.45, 2.75) is 72.1 Å². The third-order valence-electron chi connectivity index (χ3n) is 5.06. The lowest BCUT2D eigenvalue weighted by Crippen LogP contribution is -2.70. The Kier molecular flexibility index (Phi) is 5.31. The van der Waals surface area contributed by atoms with Gasteiger partial charge in [-0.1, -0.05) is 27.7 Å². The fourth-order valence-electron chi connectivity index (χ4n) is 3.64. The van der Waals surface area contributed by atoms with Crippen molar-refractivity contribution in [3.63, 3.8) is 0 Å². The van der Waals surface area contributed by atoms with Crippen molar-refractivity contribution in [3.05, 3.63) is 0 Å². The van der Waals surface area contributed by atoms with Gasteiger partial charge < -0.3 is 14.8 Å². The number of carbonyl (C=O) groups excluding carboxylic acids is 1. The molecule has 21 heavy (non-hydrogen) atoms. The fourth-order valence-corrected chi connectivity index (χ4v) is 3.64. The first-order chi connectivity index (χ1) is 9.84. The van der Waals surface area contributed by atoms with E-state index in [0.717, 1.165) is 25.9 Å². The maximum Gasteiger partial charge on any atom is 0.249 e. The van der Waals surface area contributed by atoms with E-state index in [4.69, 9.17) is 9.47 Å². The molecule has 2 fully saturated rings. The number of fused-ring (bicyclic) bond motifs is 1. The van der Waals surface area contributed by atoms with Crippen molar-refractivity contribution in [2.75, 3.05) is 13.2 Å². The van der Waals surface area contributed by atoms with Crippen LogP contribution in [0, 0.1) is 17.3 Å². The number of hydrogen-bond acceptors (Lipinski definition) is 3. The summed E-state index contributed by atoms with van der Waals surface area (Å²) in [5.41, 5.74) is 0.0262. The third-order valence-corrected chi connectivity index (χ3v) is 5.06. The lowest BCUT2D eigenvalue weighted by Gasteiger charge is -2.60. The van der Waals surface area contributed by atoms with Crippen molar-refractivity contribution in [1.29, 1.82) is 0 Å². The normalized spacial score (nSPS) is 32.2. The molecule has 0 aromatic carbocycles. The van der Waals surface area contributed by atoms with E-state index >= 15 is 0 Å². The first-order valence-electron chi connectivity index (χ1n) is 8.37. The zero-order valence-electron chi connectivity index (χ0n) is 14.1. The number of amides is 1. The van der Waals surface area contributed by atoms with Crippen LogP contribution in [0.3, 0.4) is 0 Å². The minimum atomic E-state index is -0.372. The van der Waals surface area contributed by atoms with E-state index in [1.54, 1.807) is 0 Å². The van der Waals surface area contributed by atoms with Crippen LogP contribution in [0.25, 0.3) is 0 Å². The Balaban J connectivity index is 1.81. The monoisotopic (exact) mass is 297 g/mol. The van der Waals surface area contributed by atoms with Crippen LogP contribution >= 0.6 is 0 Å². The van der Waals surface area contributed by atoms with Gasteiger partial charge in [0, 0.05) is 30.6 Å². The molecule has 0 radical (unpaired) electrons. The Bertz CT molecular complexity index is 367. The molecule has 1 amide bonds. The highest BCUT2D eigenvalue weighted by Crippen LogP contribution is 2.51. The van der Waals surface area contributed by atoms with E-state index in [0.29, 0.717) is 24.5 Å². The number of nitrogens with one attached hydrogen (secondary N) is 1. The standard InChI is InChI=1S/C17H31NO3/c1-11(2)8-10-20-12(3)16(19)18-14-13-7-6-9-21-15(13)17(14,4)5/h11-15H,6-10H2,1-5H3,(H,18,19)/t12-,13-,14-,15+/m1/s1. The Morgan fingerprint density at radius 2 is 2.10 bits per heavy atom. The van der Waals surface area contributed by atoms with Gasteiger partial charge in [0.15, 0.2) is 0 Å². The van der Waals surface area contributed by atoms with Gasteiger partial charge >= 0.3 is 0 Å². The average Bonchev–Trinajstić information content (AvgIpc) is 2.44. The molecule has 1 aliphatic carbocycles. The molecule has 4 atom stereocenters. The molecule has 0 bridgehead atoms. The van der Waals surface area contributed by atoms with Gasteiger partial charge in [-0.3, -0.25) is 4.79 Å². The summed E-state index contributed by atoms with van der Waals surface area (Å²) in [6, 6.07) is 0.214. The van der Waals surface area contributed by atoms with Crippen molar-refractivity contribution >= 4 is 5.91 Å². The molecule has 4 heteroatoms. The largest absolute Gasteiger partial charge is 0.377 e. The second-order valence-electron chi connectivity index (χ2n) is 7.60. The first kappa shape index (κ1) is 16.8. The van der Waals surface area contributed by atoms with Gasteiger partial charge in [-0.25, -0.2) is 0 Å². The van der Waals surface area contributed by atoms with Crippen LogP contribution in [0.5, 0.6) is 0 Å². The molecule has 0 aromatic rings. The van der Waals surface area contributed by atoms with Crippen LogP contribution in [-0.4, -0.2) is 37.4 Å². The maximum atomic E-state index is 12.3. The summed E-state index contributed by atoms with van der Waals surface area (Å²) in [6.45, 7) is 12.1. The predicted molar refractivity (Wildman–Crippen MR) is 83.0 cm³/mol. The quantitative estimate of drug-likeness (QED) is 0.820. The lowest BCUT2D eigenvalue weighted by molar-refractivity contribution is -0.195. The van der Waals surface area contributed by atoms with E-state index in [1.165, 1.54) is 0 Å². The average molecular weight is 297 g/mol. The summed E-state index contributed by atoms with van der Waals surface area (Å²) in [6.07, 6.45) is 3.17. The second-order valence-corrected chi connectivity index (χ2v) is 7.60. The summed E-state index contributed by atoms with van der Waals surface area (Å²) in [5.74, 6) is 1.09. The molecule has 2 aliphatic rings. The number of rotatable bonds is 6. The van der Waals surface area contributed by atoms with Crippen molar-refractivity contribution in [1.82, 2.24) is 5.32 Å². The minimum Gasteiger partial charge on any atom is -0.377 e. The van der Waals surface area contributed by atoms with Crippen LogP contribution in [0.4, 0.5) is 0 Å². The molecule has 4 nitrogen and oxygen atoms in total. The van der Waals surface area contributed by atoms with Crippen LogP contribution in [0.1, 0.15) is 53.9 Å².